The predicted molar refractivity (Wildman–Crippen MR) is 87.9 cm³/mol. The van der Waals surface area contributed by atoms with Gasteiger partial charge in [0.05, 0.1) is 6.54 Å². The molecule has 2 rings (SSSR count). The Labute approximate surface area is 139 Å². The van der Waals surface area contributed by atoms with Gasteiger partial charge < -0.3 is 10.1 Å². The Balaban J connectivity index is 1.80. The number of amides is 1. The number of carbonyl (C=O) groups is 1. The molecule has 0 aliphatic heterocycles. The number of ether oxygens (including phenoxy) is 1. The van der Waals surface area contributed by atoms with Crippen LogP contribution >= 0.6 is 0 Å². The summed E-state index contributed by atoms with van der Waals surface area (Å²) >= 11 is 0. The van der Waals surface area contributed by atoms with Crippen molar-refractivity contribution in [1.82, 2.24) is 5.32 Å². The average Bonchev–Trinajstić information content (AvgIpc) is 2.51. The molecule has 0 saturated heterocycles. The van der Waals surface area contributed by atoms with Gasteiger partial charge in [-0.3, -0.25) is 4.79 Å². The van der Waals surface area contributed by atoms with E-state index in [4.69, 9.17) is 4.74 Å². The molecule has 0 unspecified atom stereocenters. The number of hydrogen-bond donors (Lipinski definition) is 1. The van der Waals surface area contributed by atoms with Gasteiger partial charge in [0.15, 0.2) is 11.6 Å². The number of rotatable bonds is 4. The fourth-order valence-corrected chi connectivity index (χ4v) is 2.15. The van der Waals surface area contributed by atoms with E-state index in [0.29, 0.717) is 5.56 Å². The van der Waals surface area contributed by atoms with Crippen molar-refractivity contribution in [3.05, 3.63) is 64.7 Å². The van der Waals surface area contributed by atoms with Gasteiger partial charge >= 0.3 is 0 Å². The molecule has 0 bridgehead atoms. The third kappa shape index (κ3) is 5.10. The second kappa shape index (κ2) is 8.11. The topological polar surface area (TPSA) is 38.3 Å². The minimum absolute atomic E-state index is 0.0536. The van der Waals surface area contributed by atoms with Gasteiger partial charge in [0.25, 0.3) is 5.91 Å². The van der Waals surface area contributed by atoms with Crippen LogP contribution in [-0.4, -0.2) is 19.1 Å². The van der Waals surface area contributed by atoms with Crippen LogP contribution in [0.25, 0.3) is 0 Å². The molecule has 1 amide bonds. The maximum Gasteiger partial charge on any atom is 0.252 e. The fourth-order valence-electron chi connectivity index (χ4n) is 2.15. The highest BCUT2D eigenvalue weighted by Crippen LogP contribution is 2.17. The molecule has 0 aromatic heterocycles. The van der Waals surface area contributed by atoms with Gasteiger partial charge in [-0.25, -0.2) is 8.78 Å². The van der Waals surface area contributed by atoms with E-state index in [0.717, 1.165) is 23.3 Å². The molecule has 0 aliphatic rings. The number of carbonyl (C=O) groups excluding carboxylic acids is 1. The van der Waals surface area contributed by atoms with Crippen molar-refractivity contribution in [1.29, 1.82) is 0 Å². The third-order valence-corrected chi connectivity index (χ3v) is 3.14. The first-order valence-corrected chi connectivity index (χ1v) is 7.36. The van der Waals surface area contributed by atoms with Gasteiger partial charge in [-0.15, -0.1) is 0 Å². The second-order valence-corrected chi connectivity index (χ2v) is 5.28. The minimum atomic E-state index is -0.778. The Morgan fingerprint density at radius 1 is 1.08 bits per heavy atom. The van der Waals surface area contributed by atoms with E-state index in [1.807, 2.05) is 19.9 Å². The molecular formula is C19H17F2NO2. The van der Waals surface area contributed by atoms with Gasteiger partial charge in [0.1, 0.15) is 12.4 Å². The largest absolute Gasteiger partial charge is 0.478 e. The van der Waals surface area contributed by atoms with Crippen LogP contribution in [0.5, 0.6) is 5.75 Å². The van der Waals surface area contributed by atoms with Crippen molar-refractivity contribution < 1.29 is 18.3 Å². The van der Waals surface area contributed by atoms with E-state index in [-0.39, 0.29) is 24.8 Å². The van der Waals surface area contributed by atoms with Crippen LogP contribution in [0, 0.1) is 37.3 Å². The summed E-state index contributed by atoms with van der Waals surface area (Å²) in [5.74, 6) is 3.65. The van der Waals surface area contributed by atoms with Crippen LogP contribution < -0.4 is 10.1 Å². The number of benzene rings is 2. The molecule has 0 spiro atoms. The second-order valence-electron chi connectivity index (χ2n) is 5.28. The van der Waals surface area contributed by atoms with Crippen LogP contribution in [0.15, 0.2) is 36.4 Å². The molecule has 2 aromatic rings. The number of halogens is 2. The van der Waals surface area contributed by atoms with E-state index < -0.39 is 11.6 Å². The maximum atomic E-state index is 13.3. The van der Waals surface area contributed by atoms with E-state index >= 15 is 0 Å². The highest BCUT2D eigenvalue weighted by atomic mass is 19.1. The molecule has 2 aromatic carbocycles. The molecule has 0 radical (unpaired) electrons. The molecule has 0 atom stereocenters. The molecule has 5 heteroatoms. The first kappa shape index (κ1) is 17.5. The molecule has 1 N–H and O–H groups in total. The molecule has 0 saturated carbocycles. The quantitative estimate of drug-likeness (QED) is 0.873. The number of aryl methyl sites for hydroxylation is 2. The summed E-state index contributed by atoms with van der Waals surface area (Å²) in [4.78, 5) is 12.0. The Morgan fingerprint density at radius 2 is 1.79 bits per heavy atom. The van der Waals surface area contributed by atoms with Crippen LogP contribution in [0.1, 0.15) is 21.5 Å². The lowest BCUT2D eigenvalue weighted by atomic mass is 10.1. The molecular weight excluding hydrogens is 312 g/mol. The Bertz CT molecular complexity index is 786. The summed E-state index contributed by atoms with van der Waals surface area (Å²) < 4.78 is 31.1. The summed E-state index contributed by atoms with van der Waals surface area (Å²) in [6.45, 7) is 3.95. The van der Waals surface area contributed by atoms with E-state index in [1.165, 1.54) is 6.07 Å². The van der Waals surface area contributed by atoms with Crippen molar-refractivity contribution in [3.63, 3.8) is 0 Å². The highest BCUT2D eigenvalue weighted by molar-refractivity contribution is 5.94. The zero-order valence-corrected chi connectivity index (χ0v) is 13.5. The lowest BCUT2D eigenvalue weighted by molar-refractivity contribution is 0.0958. The van der Waals surface area contributed by atoms with Crippen LogP contribution in [-0.2, 0) is 0 Å². The predicted octanol–water partition coefficient (Wildman–Crippen LogP) is 3.39. The summed E-state index contributed by atoms with van der Waals surface area (Å²) in [6, 6.07) is 8.64. The van der Waals surface area contributed by atoms with Crippen molar-refractivity contribution >= 4 is 5.91 Å². The van der Waals surface area contributed by atoms with Crippen molar-refractivity contribution in [2.75, 3.05) is 13.2 Å². The molecule has 24 heavy (non-hydrogen) atoms. The van der Waals surface area contributed by atoms with Gasteiger partial charge in [-0.1, -0.05) is 29.0 Å². The summed E-state index contributed by atoms with van der Waals surface area (Å²) in [5.41, 5.74) is 2.61. The van der Waals surface area contributed by atoms with E-state index in [1.54, 1.807) is 12.1 Å². The van der Waals surface area contributed by atoms with Crippen molar-refractivity contribution in [2.24, 2.45) is 0 Å². The van der Waals surface area contributed by atoms with Crippen LogP contribution in [0.2, 0.25) is 0 Å². The van der Waals surface area contributed by atoms with Crippen LogP contribution in [0.3, 0.4) is 0 Å². The van der Waals surface area contributed by atoms with Gasteiger partial charge in [0, 0.05) is 11.6 Å². The van der Waals surface area contributed by atoms with Crippen LogP contribution in [0.4, 0.5) is 8.78 Å². The summed E-state index contributed by atoms with van der Waals surface area (Å²) in [5, 5.41) is 2.68. The zero-order chi connectivity index (χ0) is 17.5. The first-order chi connectivity index (χ1) is 11.5. The summed E-state index contributed by atoms with van der Waals surface area (Å²) in [6.07, 6.45) is 0. The van der Waals surface area contributed by atoms with Crippen molar-refractivity contribution in [2.45, 2.75) is 13.8 Å². The Kier molecular flexibility index (Phi) is 5.91. The fraction of sp³-hybridized carbons (Fsp3) is 0.211. The molecule has 0 heterocycles. The molecule has 124 valence electrons. The van der Waals surface area contributed by atoms with Crippen molar-refractivity contribution in [3.8, 4) is 17.6 Å². The first-order valence-electron chi connectivity index (χ1n) is 7.36. The molecule has 0 fully saturated rings. The highest BCUT2D eigenvalue weighted by Gasteiger charge is 2.05. The lowest BCUT2D eigenvalue weighted by Crippen LogP contribution is -2.23. The normalized spacial score (nSPS) is 9.83. The Morgan fingerprint density at radius 3 is 2.46 bits per heavy atom. The standard InChI is InChI=1S/C19H17F2NO2/c1-13-9-14(2)11-15(10-13)19(23)22-7-3-4-8-24-18-6-5-16(20)12-17(18)21/h5-6,9-12H,7-8H2,1-2H3,(H,22,23). The number of hydrogen-bond acceptors (Lipinski definition) is 2. The Hall–Kier alpha value is -2.87. The monoisotopic (exact) mass is 329 g/mol. The summed E-state index contributed by atoms with van der Waals surface area (Å²) in [7, 11) is 0. The van der Waals surface area contributed by atoms with E-state index in [2.05, 4.69) is 17.2 Å². The smallest absolute Gasteiger partial charge is 0.252 e. The van der Waals surface area contributed by atoms with Gasteiger partial charge in [0.2, 0.25) is 0 Å². The zero-order valence-electron chi connectivity index (χ0n) is 13.5. The average molecular weight is 329 g/mol. The van der Waals surface area contributed by atoms with Gasteiger partial charge in [-0.05, 0) is 38.1 Å². The minimum Gasteiger partial charge on any atom is -0.478 e. The lowest BCUT2D eigenvalue weighted by Gasteiger charge is -2.04. The third-order valence-electron chi connectivity index (χ3n) is 3.14. The molecule has 3 nitrogen and oxygen atoms in total. The molecule has 0 aliphatic carbocycles. The maximum absolute atomic E-state index is 13.3. The number of nitrogens with one attached hydrogen (secondary N) is 1. The SMILES string of the molecule is Cc1cc(C)cc(C(=O)NCC#CCOc2ccc(F)cc2F)c1. The van der Waals surface area contributed by atoms with E-state index in [9.17, 15) is 13.6 Å². The van der Waals surface area contributed by atoms with Gasteiger partial charge in [-0.2, -0.15) is 0 Å².